The molecule has 0 aromatic heterocycles. The predicted octanol–water partition coefficient (Wildman–Crippen LogP) is 2.97. The van der Waals surface area contributed by atoms with Crippen LogP contribution in [0.25, 0.3) is 0 Å². The Morgan fingerprint density at radius 2 is 1.53 bits per heavy atom. The highest BCUT2D eigenvalue weighted by atomic mass is 32.2. The molecule has 1 aromatic rings. The molecule has 9 nitrogen and oxygen atoms in total. The lowest BCUT2D eigenvalue weighted by Gasteiger charge is -2.30. The number of ether oxygens (including phenoxy) is 3. The van der Waals surface area contributed by atoms with E-state index in [0.717, 1.165) is 0 Å². The lowest BCUT2D eigenvalue weighted by molar-refractivity contribution is -0.179. The second kappa shape index (κ2) is 8.75. The van der Waals surface area contributed by atoms with Crippen molar-refractivity contribution in [3.8, 4) is 0 Å². The molecule has 0 spiro atoms. The van der Waals surface area contributed by atoms with Crippen LogP contribution in [-0.2, 0) is 57.7 Å². The summed E-state index contributed by atoms with van der Waals surface area (Å²) in [6, 6.07) is 0.480. The maximum absolute atomic E-state index is 13.7. The maximum atomic E-state index is 13.7. The van der Waals surface area contributed by atoms with Gasteiger partial charge >= 0.3 is 45.6 Å². The van der Waals surface area contributed by atoms with Crippen LogP contribution in [0.3, 0.4) is 0 Å². The molecule has 3 fully saturated rings. The Bertz CT molecular complexity index is 1260. The van der Waals surface area contributed by atoms with E-state index >= 15 is 0 Å². The number of rotatable bonds is 6. The molecule has 1 aliphatic heterocycles. The predicted molar refractivity (Wildman–Crippen MR) is 101 cm³/mol. The van der Waals surface area contributed by atoms with Gasteiger partial charge in [0.2, 0.25) is 0 Å². The summed E-state index contributed by atoms with van der Waals surface area (Å²) in [4.78, 5) is 36.8. The summed E-state index contributed by atoms with van der Waals surface area (Å²) in [5.74, 6) is -9.97. The van der Waals surface area contributed by atoms with E-state index < -0.39 is 105 Å². The van der Waals surface area contributed by atoms with Crippen LogP contribution in [0.4, 0.5) is 35.1 Å². The molecule has 38 heavy (non-hydrogen) atoms. The minimum atomic E-state index is -6.25. The number of fused-ring (bicyclic) bond motifs is 1. The van der Waals surface area contributed by atoms with Crippen molar-refractivity contribution in [2.45, 2.75) is 42.8 Å². The highest BCUT2D eigenvalue weighted by molar-refractivity contribution is 7.87. The minimum Gasteiger partial charge on any atom is -0.461 e. The van der Waals surface area contributed by atoms with Gasteiger partial charge in [0.25, 0.3) is 0 Å². The topological polar surface area (TPSA) is 133 Å². The largest absolute Gasteiger partial charge is 0.465 e. The molecule has 2 aliphatic carbocycles. The fourth-order valence-electron chi connectivity index (χ4n) is 5.12. The number of halogens is 8. The van der Waals surface area contributed by atoms with E-state index in [1.165, 1.54) is 0 Å². The van der Waals surface area contributed by atoms with Gasteiger partial charge in [-0.05, 0) is 30.2 Å². The lowest BCUT2D eigenvalue weighted by atomic mass is 9.78. The van der Waals surface area contributed by atoms with Crippen molar-refractivity contribution in [1.29, 1.82) is 0 Å². The summed E-state index contributed by atoms with van der Waals surface area (Å²) in [5, 5.41) is -5.40. The summed E-state index contributed by atoms with van der Waals surface area (Å²) in [5.41, 5.74) is -4.05. The van der Waals surface area contributed by atoms with Crippen molar-refractivity contribution < 1.29 is 76.7 Å². The average Bonchev–Trinajstić information content (AvgIpc) is 3.39. The first kappa shape index (κ1) is 28.0. The molecule has 1 aromatic carbocycles. The standard InChI is InChI=1S/C20H14F8O9S/c21-18(22,23)7-1-6(2-8(3-7)19(24,25)26)5-35-15(29)11-9-4-10-12(11)16(30)36-13(10)14(9)37-17(31)20(27,28)38(32,33)34/h1-3,9-14H,4-5H2,(H,32,33,34). The Morgan fingerprint density at radius 1 is 0.974 bits per heavy atom. The van der Waals surface area contributed by atoms with E-state index in [-0.39, 0.29) is 12.5 Å². The Balaban J connectivity index is 1.55. The van der Waals surface area contributed by atoms with E-state index in [4.69, 9.17) is 14.0 Å². The van der Waals surface area contributed by atoms with Crippen molar-refractivity contribution in [1.82, 2.24) is 0 Å². The lowest BCUT2D eigenvalue weighted by Crippen LogP contribution is -2.47. The molecule has 2 saturated carbocycles. The summed E-state index contributed by atoms with van der Waals surface area (Å²) in [7, 11) is -6.25. The second-order valence-electron chi connectivity index (χ2n) is 8.90. The second-order valence-corrected chi connectivity index (χ2v) is 10.4. The number of alkyl halides is 8. The van der Waals surface area contributed by atoms with Gasteiger partial charge in [0.15, 0.2) is 0 Å². The molecular formula is C20H14F8O9S. The average molecular weight is 582 g/mol. The molecule has 0 amide bonds. The van der Waals surface area contributed by atoms with Crippen LogP contribution < -0.4 is 0 Å². The third kappa shape index (κ3) is 4.67. The first-order chi connectivity index (χ1) is 17.2. The van der Waals surface area contributed by atoms with Gasteiger partial charge < -0.3 is 14.2 Å². The summed E-state index contributed by atoms with van der Waals surface area (Å²) >= 11 is 0. The molecule has 6 atom stereocenters. The number of carbonyl (C=O) groups excluding carboxylic acids is 3. The van der Waals surface area contributed by atoms with Gasteiger partial charge in [-0.3, -0.25) is 14.1 Å². The zero-order valence-corrected chi connectivity index (χ0v) is 19.1. The van der Waals surface area contributed by atoms with Crippen LogP contribution in [0, 0.1) is 23.7 Å². The van der Waals surface area contributed by atoms with Crippen molar-refractivity contribution in [3.63, 3.8) is 0 Å². The van der Waals surface area contributed by atoms with E-state index in [1.54, 1.807) is 0 Å². The van der Waals surface area contributed by atoms with Gasteiger partial charge in [0, 0.05) is 11.8 Å². The van der Waals surface area contributed by atoms with Crippen LogP contribution in [-0.4, -0.2) is 48.3 Å². The van der Waals surface area contributed by atoms with Crippen molar-refractivity contribution in [2.24, 2.45) is 23.7 Å². The summed E-state index contributed by atoms with van der Waals surface area (Å²) < 4.78 is 150. The zero-order chi connectivity index (χ0) is 28.6. The number of hydrogen-bond donors (Lipinski definition) is 1. The number of carbonyl (C=O) groups is 3. The van der Waals surface area contributed by atoms with Crippen LogP contribution in [0.2, 0.25) is 0 Å². The van der Waals surface area contributed by atoms with Crippen LogP contribution in [0.1, 0.15) is 23.1 Å². The summed E-state index contributed by atoms with van der Waals surface area (Å²) in [6.45, 7) is -1.10. The van der Waals surface area contributed by atoms with Crippen molar-refractivity contribution in [2.75, 3.05) is 0 Å². The van der Waals surface area contributed by atoms with Crippen LogP contribution in [0.15, 0.2) is 18.2 Å². The van der Waals surface area contributed by atoms with E-state index in [9.17, 15) is 57.9 Å². The van der Waals surface area contributed by atoms with E-state index in [0.29, 0.717) is 12.1 Å². The van der Waals surface area contributed by atoms with Crippen molar-refractivity contribution >= 4 is 28.0 Å². The van der Waals surface area contributed by atoms with Gasteiger partial charge in [0.1, 0.15) is 18.8 Å². The van der Waals surface area contributed by atoms with E-state index in [1.807, 2.05) is 0 Å². The maximum Gasteiger partial charge on any atom is 0.465 e. The Labute approximate surface area is 206 Å². The summed E-state index contributed by atoms with van der Waals surface area (Å²) in [6.07, 6.45) is -13.6. The van der Waals surface area contributed by atoms with E-state index in [2.05, 4.69) is 4.74 Å². The van der Waals surface area contributed by atoms with Gasteiger partial charge in [-0.25, -0.2) is 4.79 Å². The number of esters is 3. The monoisotopic (exact) mass is 582 g/mol. The zero-order valence-electron chi connectivity index (χ0n) is 18.3. The SMILES string of the molecule is O=C1OC2C3CC(C2OC(=O)C(F)(F)S(=O)(=O)O)C(C(=O)OCc2cc(C(F)(F)F)cc(C(F)(F)F)c2)C13. The van der Waals surface area contributed by atoms with Crippen molar-refractivity contribution in [3.05, 3.63) is 34.9 Å². The highest BCUT2D eigenvalue weighted by Crippen LogP contribution is 2.59. The molecule has 1 heterocycles. The Morgan fingerprint density at radius 3 is 2.03 bits per heavy atom. The van der Waals surface area contributed by atoms with Crippen LogP contribution >= 0.6 is 0 Å². The van der Waals surface area contributed by atoms with Gasteiger partial charge in [-0.15, -0.1) is 0 Å². The quantitative estimate of drug-likeness (QED) is 0.233. The molecule has 0 radical (unpaired) electrons. The third-order valence-electron chi connectivity index (χ3n) is 6.65. The highest BCUT2D eigenvalue weighted by Gasteiger charge is 2.71. The Kier molecular flexibility index (Phi) is 6.45. The number of hydrogen-bond acceptors (Lipinski definition) is 8. The number of benzene rings is 1. The molecule has 2 bridgehead atoms. The molecule has 18 heteroatoms. The van der Waals surface area contributed by atoms with Gasteiger partial charge in [-0.1, -0.05) is 0 Å². The fourth-order valence-corrected chi connectivity index (χ4v) is 5.38. The third-order valence-corrected chi connectivity index (χ3v) is 7.47. The molecule has 6 unspecified atom stereocenters. The smallest absolute Gasteiger partial charge is 0.461 e. The Hall–Kier alpha value is -3.02. The fraction of sp³-hybridized carbons (Fsp3) is 0.550. The van der Waals surface area contributed by atoms with Gasteiger partial charge in [-0.2, -0.15) is 43.5 Å². The van der Waals surface area contributed by atoms with Gasteiger partial charge in [0.05, 0.1) is 23.0 Å². The molecule has 3 aliphatic rings. The minimum absolute atomic E-state index is 0.127. The first-order valence-electron chi connectivity index (χ1n) is 10.4. The molecule has 1 saturated heterocycles. The normalized spacial score (nSPS) is 28.8. The molecule has 210 valence electrons. The molecule has 1 N–H and O–H groups in total. The molecule has 4 rings (SSSR count). The van der Waals surface area contributed by atoms with Crippen LogP contribution in [0.5, 0.6) is 0 Å². The first-order valence-corrected chi connectivity index (χ1v) is 11.9. The molecular weight excluding hydrogens is 568 g/mol.